The predicted octanol–water partition coefficient (Wildman–Crippen LogP) is 4.72. The van der Waals surface area contributed by atoms with Crippen molar-refractivity contribution in [3.05, 3.63) is 53.0 Å². The van der Waals surface area contributed by atoms with Gasteiger partial charge in [0.05, 0.1) is 0 Å². The van der Waals surface area contributed by atoms with Crippen LogP contribution in [0, 0.1) is 0 Å². The Morgan fingerprint density at radius 1 is 1.00 bits per heavy atom. The van der Waals surface area contributed by atoms with E-state index in [0.29, 0.717) is 5.56 Å². The van der Waals surface area contributed by atoms with E-state index in [4.69, 9.17) is 0 Å². The summed E-state index contributed by atoms with van der Waals surface area (Å²) in [5.74, 6) is 0.175. The van der Waals surface area contributed by atoms with Gasteiger partial charge in [-0.05, 0) is 23.8 Å². The Labute approximate surface area is 106 Å². The molecule has 0 radical (unpaired) electrons. The molecule has 2 aromatic carbocycles. The third-order valence-corrected chi connectivity index (χ3v) is 2.74. The van der Waals surface area contributed by atoms with Crippen LogP contribution in [-0.2, 0) is 0 Å². The van der Waals surface area contributed by atoms with E-state index in [9.17, 15) is 8.78 Å². The maximum atomic E-state index is 12.3. The fraction of sp³-hybridized carbons (Fsp3) is 0.0769. The van der Waals surface area contributed by atoms with Crippen LogP contribution in [0.4, 0.5) is 8.78 Å². The van der Waals surface area contributed by atoms with E-state index in [1.807, 2.05) is 30.3 Å². The van der Waals surface area contributed by atoms with Crippen molar-refractivity contribution >= 4 is 15.9 Å². The van der Waals surface area contributed by atoms with Crippen molar-refractivity contribution in [2.24, 2.45) is 0 Å². The fourth-order valence-corrected chi connectivity index (χ4v) is 1.91. The molecule has 0 saturated carbocycles. The number of hydrogen-bond acceptors (Lipinski definition) is 1. The molecule has 0 N–H and O–H groups in total. The first-order valence-electron chi connectivity index (χ1n) is 4.96. The van der Waals surface area contributed by atoms with E-state index in [2.05, 4.69) is 20.7 Å². The van der Waals surface area contributed by atoms with E-state index in [1.165, 1.54) is 6.07 Å². The normalized spacial score (nSPS) is 10.6. The molecule has 0 saturated heterocycles. The van der Waals surface area contributed by atoms with Crippen LogP contribution in [0.2, 0.25) is 0 Å². The molecule has 0 amide bonds. The SMILES string of the molecule is FC(F)Oc1ccc(Br)cc1-c1ccccc1. The molecule has 0 aliphatic carbocycles. The van der Waals surface area contributed by atoms with Crippen molar-refractivity contribution in [3.63, 3.8) is 0 Å². The Balaban J connectivity index is 2.47. The Hall–Kier alpha value is -1.42. The van der Waals surface area contributed by atoms with Gasteiger partial charge in [-0.1, -0.05) is 46.3 Å². The summed E-state index contributed by atoms with van der Waals surface area (Å²) in [4.78, 5) is 0. The van der Waals surface area contributed by atoms with Gasteiger partial charge in [0.1, 0.15) is 5.75 Å². The van der Waals surface area contributed by atoms with Crippen molar-refractivity contribution in [2.45, 2.75) is 6.61 Å². The summed E-state index contributed by atoms with van der Waals surface area (Å²) in [6.45, 7) is -2.82. The largest absolute Gasteiger partial charge is 0.434 e. The number of hydrogen-bond donors (Lipinski definition) is 0. The summed E-state index contributed by atoms with van der Waals surface area (Å²) in [6.07, 6.45) is 0. The van der Waals surface area contributed by atoms with Gasteiger partial charge < -0.3 is 4.74 Å². The van der Waals surface area contributed by atoms with Gasteiger partial charge >= 0.3 is 6.61 Å². The zero-order chi connectivity index (χ0) is 12.3. The standard InChI is InChI=1S/C13H9BrF2O/c14-10-6-7-12(17-13(15)16)11(8-10)9-4-2-1-3-5-9/h1-8,13H. The first-order chi connectivity index (χ1) is 8.16. The smallest absolute Gasteiger partial charge is 0.387 e. The minimum absolute atomic E-state index is 0.175. The van der Waals surface area contributed by atoms with E-state index < -0.39 is 6.61 Å². The molecule has 88 valence electrons. The number of rotatable bonds is 3. The molecule has 0 unspecified atom stereocenters. The number of halogens is 3. The third kappa shape index (κ3) is 3.03. The molecule has 0 spiro atoms. The van der Waals surface area contributed by atoms with Crippen molar-refractivity contribution in [1.82, 2.24) is 0 Å². The molecule has 0 aromatic heterocycles. The first kappa shape index (κ1) is 12.0. The number of ether oxygens (including phenoxy) is 1. The number of benzene rings is 2. The van der Waals surface area contributed by atoms with Crippen LogP contribution < -0.4 is 4.74 Å². The summed E-state index contributed by atoms with van der Waals surface area (Å²) in [6, 6.07) is 14.2. The molecule has 2 rings (SSSR count). The minimum atomic E-state index is -2.82. The van der Waals surface area contributed by atoms with Gasteiger partial charge in [0.2, 0.25) is 0 Å². The highest BCUT2D eigenvalue weighted by Crippen LogP contribution is 2.33. The average molecular weight is 299 g/mol. The minimum Gasteiger partial charge on any atom is -0.434 e. The monoisotopic (exact) mass is 298 g/mol. The summed E-state index contributed by atoms with van der Waals surface area (Å²) in [5.41, 5.74) is 1.48. The van der Waals surface area contributed by atoms with E-state index in [0.717, 1.165) is 10.0 Å². The zero-order valence-corrected chi connectivity index (χ0v) is 10.3. The summed E-state index contributed by atoms with van der Waals surface area (Å²) in [5, 5.41) is 0. The molecule has 4 heteroatoms. The van der Waals surface area contributed by atoms with Gasteiger partial charge in [-0.2, -0.15) is 8.78 Å². The summed E-state index contributed by atoms with van der Waals surface area (Å²) in [7, 11) is 0. The maximum Gasteiger partial charge on any atom is 0.387 e. The van der Waals surface area contributed by atoms with Crippen LogP contribution in [-0.4, -0.2) is 6.61 Å². The van der Waals surface area contributed by atoms with E-state index >= 15 is 0 Å². The first-order valence-corrected chi connectivity index (χ1v) is 5.76. The van der Waals surface area contributed by atoms with Crippen LogP contribution in [0.25, 0.3) is 11.1 Å². The fourth-order valence-electron chi connectivity index (χ4n) is 1.54. The van der Waals surface area contributed by atoms with E-state index in [1.54, 1.807) is 12.1 Å². The molecule has 0 heterocycles. The lowest BCUT2D eigenvalue weighted by Crippen LogP contribution is -2.03. The zero-order valence-electron chi connectivity index (χ0n) is 8.74. The highest BCUT2D eigenvalue weighted by molar-refractivity contribution is 9.10. The lowest BCUT2D eigenvalue weighted by atomic mass is 10.1. The molecule has 1 nitrogen and oxygen atoms in total. The van der Waals surface area contributed by atoms with Gasteiger partial charge in [0.15, 0.2) is 0 Å². The Morgan fingerprint density at radius 3 is 2.35 bits per heavy atom. The molecule has 0 aliphatic heterocycles. The van der Waals surface area contributed by atoms with Gasteiger partial charge in [0.25, 0.3) is 0 Å². The van der Waals surface area contributed by atoms with Gasteiger partial charge in [-0.15, -0.1) is 0 Å². The second kappa shape index (κ2) is 5.27. The lowest BCUT2D eigenvalue weighted by Gasteiger charge is -2.11. The highest BCUT2D eigenvalue weighted by atomic mass is 79.9. The van der Waals surface area contributed by atoms with Gasteiger partial charge in [-0.25, -0.2) is 0 Å². The quantitative estimate of drug-likeness (QED) is 0.797. The molecule has 17 heavy (non-hydrogen) atoms. The summed E-state index contributed by atoms with van der Waals surface area (Å²) < 4.78 is 29.9. The molecule has 0 bridgehead atoms. The second-order valence-corrected chi connectivity index (χ2v) is 4.30. The topological polar surface area (TPSA) is 9.23 Å². The molecule has 0 aliphatic rings. The number of alkyl halides is 2. The Kier molecular flexibility index (Phi) is 3.74. The second-order valence-electron chi connectivity index (χ2n) is 3.39. The predicted molar refractivity (Wildman–Crippen MR) is 66.2 cm³/mol. The molecular weight excluding hydrogens is 290 g/mol. The van der Waals surface area contributed by atoms with Crippen LogP contribution in [0.5, 0.6) is 5.75 Å². The Morgan fingerprint density at radius 2 is 1.71 bits per heavy atom. The maximum absolute atomic E-state index is 12.3. The molecule has 2 aromatic rings. The Bertz CT molecular complexity index is 500. The van der Waals surface area contributed by atoms with Crippen molar-refractivity contribution in [3.8, 4) is 16.9 Å². The van der Waals surface area contributed by atoms with Crippen molar-refractivity contribution in [2.75, 3.05) is 0 Å². The molecule has 0 fully saturated rings. The third-order valence-electron chi connectivity index (χ3n) is 2.24. The molecular formula is C13H9BrF2O. The van der Waals surface area contributed by atoms with Crippen LogP contribution in [0.1, 0.15) is 0 Å². The average Bonchev–Trinajstić information content (AvgIpc) is 2.32. The van der Waals surface area contributed by atoms with E-state index in [-0.39, 0.29) is 5.75 Å². The van der Waals surface area contributed by atoms with Gasteiger partial charge in [-0.3, -0.25) is 0 Å². The van der Waals surface area contributed by atoms with Crippen LogP contribution in [0.3, 0.4) is 0 Å². The molecule has 0 atom stereocenters. The highest BCUT2D eigenvalue weighted by Gasteiger charge is 2.11. The van der Waals surface area contributed by atoms with Gasteiger partial charge in [0, 0.05) is 10.0 Å². The van der Waals surface area contributed by atoms with Crippen LogP contribution in [0.15, 0.2) is 53.0 Å². The lowest BCUT2D eigenvalue weighted by molar-refractivity contribution is -0.0494. The van der Waals surface area contributed by atoms with Crippen molar-refractivity contribution < 1.29 is 13.5 Å². The van der Waals surface area contributed by atoms with Crippen molar-refractivity contribution in [1.29, 1.82) is 0 Å². The van der Waals surface area contributed by atoms with Crippen LogP contribution >= 0.6 is 15.9 Å². The summed E-state index contributed by atoms with van der Waals surface area (Å²) >= 11 is 3.32.